The van der Waals surface area contributed by atoms with Crippen molar-refractivity contribution in [2.45, 2.75) is 186 Å². The van der Waals surface area contributed by atoms with E-state index in [9.17, 15) is 44.4 Å². The van der Waals surface area contributed by atoms with E-state index in [4.69, 9.17) is 18.9 Å². The molecule has 2 aliphatic heterocycles. The molecular weight excluding hydrogens is 730 g/mol. The highest BCUT2D eigenvalue weighted by Gasteiger charge is 2.43. The third-order valence-corrected chi connectivity index (χ3v) is 10.6. The third kappa shape index (κ3) is 18.3. The summed E-state index contributed by atoms with van der Waals surface area (Å²) in [5, 5.41) is 48.6. The predicted molar refractivity (Wildman–Crippen MR) is 206 cm³/mol. The van der Waals surface area contributed by atoms with Crippen LogP contribution in [-0.4, -0.2) is 131 Å². The minimum Gasteiger partial charge on any atom is -0.394 e. The molecule has 11 atom stereocenters. The summed E-state index contributed by atoms with van der Waals surface area (Å²) in [6, 6.07) is -1.12. The maximum atomic E-state index is 13.2. The first-order valence-electron chi connectivity index (χ1n) is 20.7. The SMILES string of the molecule is CC(=O)CCCCCCC(=O)[C@H](CCCCNC(=O)CCCCOC1OC(C)C(O)C(C)C1NC(C)=O)NC(=O)CCCCOC1OC(CO)C(O)C(O)C1C. The van der Waals surface area contributed by atoms with Crippen molar-refractivity contribution in [1.82, 2.24) is 16.0 Å². The van der Waals surface area contributed by atoms with Gasteiger partial charge in [0.2, 0.25) is 17.7 Å². The molecule has 2 saturated heterocycles. The lowest BCUT2D eigenvalue weighted by Gasteiger charge is -2.42. The van der Waals surface area contributed by atoms with Crippen molar-refractivity contribution in [3.8, 4) is 0 Å². The Balaban J connectivity index is 1.71. The number of Topliss-reactive ketones (excluding diaryl/α,β-unsaturated/α-hetero) is 2. The van der Waals surface area contributed by atoms with Gasteiger partial charge in [0.05, 0.1) is 37.0 Å². The Morgan fingerprint density at radius 2 is 1.27 bits per heavy atom. The molecular formula is C40H71N3O13. The molecule has 0 spiro atoms. The molecule has 16 nitrogen and oxygen atoms in total. The molecule has 2 aliphatic rings. The Bertz CT molecular complexity index is 1190. The van der Waals surface area contributed by atoms with Crippen molar-refractivity contribution in [1.29, 1.82) is 0 Å². The van der Waals surface area contributed by atoms with E-state index in [1.807, 2.05) is 6.92 Å². The quantitative estimate of drug-likeness (QED) is 0.0561. The smallest absolute Gasteiger partial charge is 0.220 e. The predicted octanol–water partition coefficient (Wildman–Crippen LogP) is 1.95. The number of hydrogen-bond donors (Lipinski definition) is 7. The van der Waals surface area contributed by atoms with E-state index in [-0.39, 0.29) is 48.2 Å². The zero-order chi connectivity index (χ0) is 41.6. The molecule has 0 bridgehead atoms. The number of aliphatic hydroxyl groups is 4. The molecule has 324 valence electrons. The first kappa shape index (κ1) is 49.6. The number of unbranched alkanes of at least 4 members (excludes halogenated alkanes) is 6. The number of carbonyl (C=O) groups is 5. The maximum Gasteiger partial charge on any atom is 0.220 e. The number of hydrogen-bond acceptors (Lipinski definition) is 13. The van der Waals surface area contributed by atoms with Gasteiger partial charge < -0.3 is 60.1 Å². The van der Waals surface area contributed by atoms with E-state index in [1.54, 1.807) is 20.8 Å². The van der Waals surface area contributed by atoms with Gasteiger partial charge in [-0.05, 0) is 71.6 Å². The highest BCUT2D eigenvalue weighted by Crippen LogP contribution is 2.28. The second-order valence-corrected chi connectivity index (χ2v) is 15.6. The number of rotatable bonds is 28. The highest BCUT2D eigenvalue weighted by atomic mass is 16.7. The molecule has 0 saturated carbocycles. The summed E-state index contributed by atoms with van der Waals surface area (Å²) >= 11 is 0. The second kappa shape index (κ2) is 27.2. The van der Waals surface area contributed by atoms with E-state index in [1.165, 1.54) is 6.92 Å². The minimum atomic E-state index is -1.20. The molecule has 0 aliphatic carbocycles. The fraction of sp³-hybridized carbons (Fsp3) is 0.875. The van der Waals surface area contributed by atoms with Crippen molar-refractivity contribution in [2.24, 2.45) is 11.8 Å². The molecule has 0 aromatic heterocycles. The highest BCUT2D eigenvalue weighted by molar-refractivity contribution is 5.89. The van der Waals surface area contributed by atoms with Crippen LogP contribution in [0.5, 0.6) is 0 Å². The van der Waals surface area contributed by atoms with Crippen LogP contribution in [0.4, 0.5) is 0 Å². The zero-order valence-corrected chi connectivity index (χ0v) is 34.2. The van der Waals surface area contributed by atoms with E-state index in [0.29, 0.717) is 83.8 Å². The molecule has 0 aromatic rings. The van der Waals surface area contributed by atoms with Crippen molar-refractivity contribution in [3.63, 3.8) is 0 Å². The molecule has 0 aromatic carbocycles. The van der Waals surface area contributed by atoms with Gasteiger partial charge in [-0.2, -0.15) is 0 Å². The van der Waals surface area contributed by atoms with Crippen LogP contribution in [0.15, 0.2) is 0 Å². The van der Waals surface area contributed by atoms with Crippen LogP contribution in [0.1, 0.15) is 131 Å². The largest absolute Gasteiger partial charge is 0.394 e. The molecule has 56 heavy (non-hydrogen) atoms. The average Bonchev–Trinajstić information content (AvgIpc) is 3.15. The van der Waals surface area contributed by atoms with Crippen LogP contribution >= 0.6 is 0 Å². The summed E-state index contributed by atoms with van der Waals surface area (Å²) in [5.41, 5.74) is 0. The number of aliphatic hydroxyl groups excluding tert-OH is 4. The summed E-state index contributed by atoms with van der Waals surface area (Å²) < 4.78 is 23.0. The summed E-state index contributed by atoms with van der Waals surface area (Å²) in [5.74, 6) is -1.22. The van der Waals surface area contributed by atoms with Gasteiger partial charge in [0.1, 0.15) is 18.0 Å². The monoisotopic (exact) mass is 801 g/mol. The molecule has 7 N–H and O–H groups in total. The fourth-order valence-electron chi connectivity index (χ4n) is 7.00. The molecule has 2 heterocycles. The lowest BCUT2D eigenvalue weighted by atomic mass is 9.89. The molecule has 3 amide bonds. The van der Waals surface area contributed by atoms with Gasteiger partial charge in [-0.25, -0.2) is 0 Å². The van der Waals surface area contributed by atoms with E-state index in [2.05, 4.69) is 16.0 Å². The van der Waals surface area contributed by atoms with Crippen molar-refractivity contribution in [2.75, 3.05) is 26.4 Å². The summed E-state index contributed by atoms with van der Waals surface area (Å²) in [7, 11) is 0. The minimum absolute atomic E-state index is 0.0377. The third-order valence-electron chi connectivity index (χ3n) is 10.6. The second-order valence-electron chi connectivity index (χ2n) is 15.6. The van der Waals surface area contributed by atoms with Gasteiger partial charge >= 0.3 is 0 Å². The Labute approximate surface area is 332 Å². The maximum absolute atomic E-state index is 13.2. The fourth-order valence-corrected chi connectivity index (χ4v) is 7.00. The summed E-state index contributed by atoms with van der Waals surface area (Å²) in [6.07, 6.45) is 2.51. The Kier molecular flexibility index (Phi) is 24.1. The van der Waals surface area contributed by atoms with Crippen LogP contribution in [0.25, 0.3) is 0 Å². The summed E-state index contributed by atoms with van der Waals surface area (Å²) in [6.45, 7) is 8.81. The van der Waals surface area contributed by atoms with Gasteiger partial charge in [-0.3, -0.25) is 19.2 Å². The average molecular weight is 802 g/mol. The summed E-state index contributed by atoms with van der Waals surface area (Å²) in [4.78, 5) is 61.4. The van der Waals surface area contributed by atoms with Crippen molar-refractivity contribution >= 4 is 29.3 Å². The van der Waals surface area contributed by atoms with Gasteiger partial charge in [0, 0.05) is 64.2 Å². The van der Waals surface area contributed by atoms with E-state index < -0.39 is 67.7 Å². The Morgan fingerprint density at radius 1 is 0.661 bits per heavy atom. The number of carbonyl (C=O) groups excluding carboxylic acids is 5. The topological polar surface area (TPSA) is 239 Å². The Morgan fingerprint density at radius 3 is 1.89 bits per heavy atom. The first-order chi connectivity index (χ1) is 26.7. The van der Waals surface area contributed by atoms with E-state index >= 15 is 0 Å². The van der Waals surface area contributed by atoms with Gasteiger partial charge in [-0.15, -0.1) is 0 Å². The van der Waals surface area contributed by atoms with Crippen molar-refractivity contribution < 1.29 is 63.3 Å². The standard InChI is InChI=1S/C40H71N3O13/c1-25(45)16-8-6-7-9-18-31(47)30(43-34(49)20-12-15-22-53-39-27(3)37(51)38(52)32(24-44)56-39)17-10-13-21-41-33(48)19-11-14-23-54-40-35(42-29(5)46)26(2)36(50)28(4)55-40/h26-28,30,32,35-40,44,50-52H,6-24H2,1-5H3,(H,41,48)(H,42,46)(H,43,49)/t26?,27?,28?,30-,32?,35?,36?,37?,38?,39?,40?/m0/s1. The van der Waals surface area contributed by atoms with Crippen molar-refractivity contribution in [3.05, 3.63) is 0 Å². The lowest BCUT2D eigenvalue weighted by Crippen LogP contribution is -2.59. The number of ether oxygens (including phenoxy) is 4. The van der Waals surface area contributed by atoms with Crippen LogP contribution in [-0.2, 0) is 42.9 Å². The normalized spacial score (nSPS) is 28.3. The van der Waals surface area contributed by atoms with Gasteiger partial charge in [0.15, 0.2) is 18.4 Å². The van der Waals surface area contributed by atoms with Crippen LogP contribution in [0, 0.1) is 11.8 Å². The molecule has 0 radical (unpaired) electrons. The van der Waals surface area contributed by atoms with Gasteiger partial charge in [-0.1, -0.05) is 26.7 Å². The molecule has 2 rings (SSSR count). The lowest BCUT2D eigenvalue weighted by molar-refractivity contribution is -0.282. The first-order valence-corrected chi connectivity index (χ1v) is 20.7. The molecule has 16 heteroatoms. The molecule has 2 fully saturated rings. The Hall–Kier alpha value is -2.57. The van der Waals surface area contributed by atoms with Crippen LogP contribution < -0.4 is 16.0 Å². The molecule has 10 unspecified atom stereocenters. The van der Waals surface area contributed by atoms with Crippen LogP contribution in [0.3, 0.4) is 0 Å². The number of ketones is 2. The van der Waals surface area contributed by atoms with E-state index in [0.717, 1.165) is 19.3 Å². The van der Waals surface area contributed by atoms with Gasteiger partial charge in [0.25, 0.3) is 0 Å². The zero-order valence-electron chi connectivity index (χ0n) is 34.2. The number of amides is 3. The number of nitrogens with one attached hydrogen (secondary N) is 3. The van der Waals surface area contributed by atoms with Crippen LogP contribution in [0.2, 0.25) is 0 Å².